The number of rotatable bonds is 6. The summed E-state index contributed by atoms with van der Waals surface area (Å²) in [5, 5.41) is 7.36. The van der Waals surface area contributed by atoms with Gasteiger partial charge < -0.3 is 14.6 Å². The maximum absolute atomic E-state index is 11.7. The summed E-state index contributed by atoms with van der Waals surface area (Å²) in [6.07, 6.45) is 0.291. The van der Waals surface area contributed by atoms with Crippen LogP contribution < -0.4 is 5.32 Å². The molecule has 1 aromatic carbocycles. The van der Waals surface area contributed by atoms with Crippen molar-refractivity contribution in [2.24, 2.45) is 0 Å². The number of esters is 1. The summed E-state index contributed by atoms with van der Waals surface area (Å²) < 4.78 is 9.89. The molecule has 20 heavy (non-hydrogen) atoms. The minimum Gasteiger partial charge on any atom is -0.466 e. The standard InChI is InChI=1S/C14H16N2O4/c1-2-19-14(18)7-8-15-13(17)9-11-10-5-3-4-6-12(10)20-16-11/h3-6H,2,7-9H2,1H3,(H,15,17). The van der Waals surface area contributed by atoms with E-state index < -0.39 is 0 Å². The van der Waals surface area contributed by atoms with E-state index in [0.717, 1.165) is 5.39 Å². The second-order valence-electron chi connectivity index (χ2n) is 4.21. The van der Waals surface area contributed by atoms with Crippen molar-refractivity contribution in [3.63, 3.8) is 0 Å². The maximum atomic E-state index is 11.7. The van der Waals surface area contributed by atoms with Crippen LogP contribution in [-0.4, -0.2) is 30.2 Å². The smallest absolute Gasteiger partial charge is 0.307 e. The Hall–Kier alpha value is -2.37. The van der Waals surface area contributed by atoms with Crippen molar-refractivity contribution in [3.8, 4) is 0 Å². The van der Waals surface area contributed by atoms with Gasteiger partial charge in [-0.15, -0.1) is 0 Å². The van der Waals surface area contributed by atoms with Crippen LogP contribution in [0.3, 0.4) is 0 Å². The van der Waals surface area contributed by atoms with Gasteiger partial charge in [0.15, 0.2) is 5.58 Å². The Kier molecular flexibility index (Phi) is 4.70. The largest absolute Gasteiger partial charge is 0.466 e. The fourth-order valence-corrected chi connectivity index (χ4v) is 1.82. The van der Waals surface area contributed by atoms with Crippen molar-refractivity contribution in [1.82, 2.24) is 10.5 Å². The fourth-order valence-electron chi connectivity index (χ4n) is 1.82. The molecule has 1 aromatic heterocycles. The van der Waals surface area contributed by atoms with Gasteiger partial charge in [-0.2, -0.15) is 0 Å². The number of para-hydroxylation sites is 1. The minimum atomic E-state index is -0.320. The van der Waals surface area contributed by atoms with Crippen LogP contribution in [0, 0.1) is 0 Å². The quantitative estimate of drug-likeness (QED) is 0.807. The number of nitrogens with one attached hydrogen (secondary N) is 1. The molecule has 0 saturated carbocycles. The highest BCUT2D eigenvalue weighted by Gasteiger charge is 2.12. The zero-order valence-corrected chi connectivity index (χ0v) is 11.2. The van der Waals surface area contributed by atoms with Crippen molar-refractivity contribution in [2.45, 2.75) is 19.8 Å². The monoisotopic (exact) mass is 276 g/mol. The molecule has 1 heterocycles. The number of nitrogens with zero attached hydrogens (tertiary/aromatic N) is 1. The first-order valence-electron chi connectivity index (χ1n) is 6.46. The Morgan fingerprint density at radius 3 is 2.95 bits per heavy atom. The summed E-state index contributed by atoms with van der Waals surface area (Å²) in [4.78, 5) is 22.9. The number of aromatic nitrogens is 1. The van der Waals surface area contributed by atoms with Gasteiger partial charge in [0.25, 0.3) is 0 Å². The molecule has 1 amide bonds. The lowest BCUT2D eigenvalue weighted by Gasteiger charge is -2.03. The first-order chi connectivity index (χ1) is 9.70. The average Bonchev–Trinajstić information content (AvgIpc) is 2.83. The number of fused-ring (bicyclic) bond motifs is 1. The summed E-state index contributed by atoms with van der Waals surface area (Å²) in [7, 11) is 0. The van der Waals surface area contributed by atoms with E-state index in [1.807, 2.05) is 18.2 Å². The number of amides is 1. The lowest BCUT2D eigenvalue weighted by Crippen LogP contribution is -2.28. The third-order valence-corrected chi connectivity index (χ3v) is 2.74. The average molecular weight is 276 g/mol. The van der Waals surface area contributed by atoms with E-state index in [0.29, 0.717) is 17.9 Å². The zero-order chi connectivity index (χ0) is 14.4. The van der Waals surface area contributed by atoms with E-state index >= 15 is 0 Å². The first kappa shape index (κ1) is 14.0. The van der Waals surface area contributed by atoms with Gasteiger partial charge in [-0.25, -0.2) is 0 Å². The molecule has 0 aliphatic rings. The van der Waals surface area contributed by atoms with E-state index in [4.69, 9.17) is 9.26 Å². The first-order valence-corrected chi connectivity index (χ1v) is 6.46. The third kappa shape index (κ3) is 3.57. The van der Waals surface area contributed by atoms with Crippen LogP contribution in [0.2, 0.25) is 0 Å². The number of carbonyl (C=O) groups excluding carboxylic acids is 2. The third-order valence-electron chi connectivity index (χ3n) is 2.74. The summed E-state index contributed by atoms with van der Waals surface area (Å²) >= 11 is 0. The molecule has 0 saturated heterocycles. The highest BCUT2D eigenvalue weighted by molar-refractivity contribution is 5.86. The van der Waals surface area contributed by atoms with E-state index in [1.165, 1.54) is 0 Å². The Morgan fingerprint density at radius 2 is 2.15 bits per heavy atom. The molecule has 0 radical (unpaired) electrons. The van der Waals surface area contributed by atoms with Crippen molar-refractivity contribution in [3.05, 3.63) is 30.0 Å². The van der Waals surface area contributed by atoms with E-state index in [1.54, 1.807) is 13.0 Å². The van der Waals surface area contributed by atoms with Crippen LogP contribution in [0.5, 0.6) is 0 Å². The molecule has 6 nitrogen and oxygen atoms in total. The Morgan fingerprint density at radius 1 is 1.35 bits per heavy atom. The Labute approximate surface area is 116 Å². The van der Waals surface area contributed by atoms with Crippen molar-refractivity contribution in [1.29, 1.82) is 0 Å². The number of benzene rings is 1. The molecule has 0 aliphatic heterocycles. The molecular weight excluding hydrogens is 260 g/mol. The molecule has 0 fully saturated rings. The highest BCUT2D eigenvalue weighted by atomic mass is 16.5. The van der Waals surface area contributed by atoms with E-state index in [2.05, 4.69) is 10.5 Å². The molecule has 1 N–H and O–H groups in total. The molecule has 2 aromatic rings. The van der Waals surface area contributed by atoms with Gasteiger partial charge in [-0.3, -0.25) is 9.59 Å². The molecule has 0 unspecified atom stereocenters. The molecule has 0 bridgehead atoms. The Balaban J connectivity index is 1.84. The molecule has 6 heteroatoms. The number of ether oxygens (including phenoxy) is 1. The normalized spacial score (nSPS) is 10.4. The van der Waals surface area contributed by atoms with Gasteiger partial charge in [0.1, 0.15) is 5.69 Å². The minimum absolute atomic E-state index is 0.125. The van der Waals surface area contributed by atoms with Crippen LogP contribution in [0.4, 0.5) is 0 Å². The zero-order valence-electron chi connectivity index (χ0n) is 11.2. The lowest BCUT2D eigenvalue weighted by molar-refractivity contribution is -0.143. The summed E-state index contributed by atoms with van der Waals surface area (Å²) in [6, 6.07) is 7.36. The predicted molar refractivity (Wildman–Crippen MR) is 72.0 cm³/mol. The van der Waals surface area contributed by atoms with Crippen molar-refractivity contribution >= 4 is 22.8 Å². The van der Waals surface area contributed by atoms with Gasteiger partial charge >= 0.3 is 5.97 Å². The fraction of sp³-hybridized carbons (Fsp3) is 0.357. The molecule has 0 atom stereocenters. The van der Waals surface area contributed by atoms with Crippen molar-refractivity contribution < 1.29 is 18.8 Å². The second kappa shape index (κ2) is 6.70. The maximum Gasteiger partial charge on any atom is 0.307 e. The van der Waals surface area contributed by atoms with Gasteiger partial charge in [-0.1, -0.05) is 17.3 Å². The van der Waals surface area contributed by atoms with Crippen LogP contribution >= 0.6 is 0 Å². The van der Waals surface area contributed by atoms with E-state index in [-0.39, 0.29) is 31.3 Å². The lowest BCUT2D eigenvalue weighted by atomic mass is 10.1. The summed E-state index contributed by atoms with van der Waals surface area (Å²) in [6.45, 7) is 2.34. The van der Waals surface area contributed by atoms with Gasteiger partial charge in [0.2, 0.25) is 5.91 Å². The molecule has 2 rings (SSSR count). The van der Waals surface area contributed by atoms with Crippen LogP contribution in [0.15, 0.2) is 28.8 Å². The van der Waals surface area contributed by atoms with Crippen LogP contribution in [0.1, 0.15) is 19.0 Å². The van der Waals surface area contributed by atoms with Crippen LogP contribution in [0.25, 0.3) is 11.0 Å². The molecule has 106 valence electrons. The molecular formula is C14H16N2O4. The van der Waals surface area contributed by atoms with Gasteiger partial charge in [-0.05, 0) is 19.1 Å². The summed E-state index contributed by atoms with van der Waals surface area (Å²) in [5.74, 6) is -0.520. The Bertz CT molecular complexity index is 606. The highest BCUT2D eigenvalue weighted by Crippen LogP contribution is 2.17. The topological polar surface area (TPSA) is 81.4 Å². The number of carbonyl (C=O) groups is 2. The molecule has 0 spiro atoms. The SMILES string of the molecule is CCOC(=O)CCNC(=O)Cc1noc2ccccc12. The van der Waals surface area contributed by atoms with Crippen molar-refractivity contribution in [2.75, 3.05) is 13.2 Å². The number of hydrogen-bond donors (Lipinski definition) is 1. The van der Waals surface area contributed by atoms with Gasteiger partial charge in [0, 0.05) is 11.9 Å². The van der Waals surface area contributed by atoms with Crippen LogP contribution in [-0.2, 0) is 20.7 Å². The predicted octanol–water partition coefficient (Wildman–Crippen LogP) is 1.44. The number of hydrogen-bond acceptors (Lipinski definition) is 5. The van der Waals surface area contributed by atoms with Gasteiger partial charge in [0.05, 0.1) is 19.4 Å². The second-order valence-corrected chi connectivity index (χ2v) is 4.21. The molecule has 0 aliphatic carbocycles. The summed E-state index contributed by atoms with van der Waals surface area (Å²) in [5.41, 5.74) is 1.25. The van der Waals surface area contributed by atoms with E-state index in [9.17, 15) is 9.59 Å².